The maximum Gasteiger partial charge on any atom is 0.304 e. The van der Waals surface area contributed by atoms with Gasteiger partial charge in [-0.1, -0.05) is 29.5 Å². The number of aryl methyl sites for hydroxylation is 3. The van der Waals surface area contributed by atoms with Gasteiger partial charge in [0.25, 0.3) is 0 Å². The Balaban J connectivity index is 1.40. The van der Waals surface area contributed by atoms with Gasteiger partial charge in [-0.3, -0.25) is 4.79 Å². The standard InChI is InChI=1S/C30H34N6O4S/c1-4-36-26-12-11-24(20(3)29(26)32-33-36)25(16-28(37)38)21-10-9-19(2)22(15-21)17-34-18-23-7-6-14-35(23)30-27(41(34,39)40)8-5-13-31-30/h5,8-13,15,23,25H,4,6-7,14,16-18H2,1-3H3,(H,37,38)/t23-,25?/m1/s1. The van der Waals surface area contributed by atoms with Crippen molar-refractivity contribution in [1.29, 1.82) is 0 Å². The van der Waals surface area contributed by atoms with Gasteiger partial charge in [-0.15, -0.1) is 5.10 Å². The average Bonchev–Trinajstić information content (AvgIpc) is 3.58. The highest BCUT2D eigenvalue weighted by molar-refractivity contribution is 7.89. The first kappa shape index (κ1) is 27.3. The first-order valence-electron chi connectivity index (χ1n) is 14.0. The molecule has 11 heteroatoms. The summed E-state index contributed by atoms with van der Waals surface area (Å²) in [6.07, 6.45) is 3.45. The minimum Gasteiger partial charge on any atom is -0.481 e. The number of sulfonamides is 1. The minimum atomic E-state index is -3.79. The van der Waals surface area contributed by atoms with Crippen LogP contribution in [-0.4, -0.2) is 62.9 Å². The first-order chi connectivity index (χ1) is 19.7. The lowest BCUT2D eigenvalue weighted by Crippen LogP contribution is -2.39. The second kappa shape index (κ2) is 10.5. The average molecular weight is 575 g/mol. The molecule has 2 aromatic heterocycles. The number of hydrogen-bond acceptors (Lipinski definition) is 7. The van der Waals surface area contributed by atoms with Crippen LogP contribution in [0.2, 0.25) is 0 Å². The summed E-state index contributed by atoms with van der Waals surface area (Å²) in [5.41, 5.74) is 6.09. The Bertz CT molecular complexity index is 1750. The van der Waals surface area contributed by atoms with Crippen LogP contribution in [0.1, 0.15) is 59.9 Å². The van der Waals surface area contributed by atoms with Gasteiger partial charge in [0.05, 0.1) is 11.9 Å². The molecule has 41 heavy (non-hydrogen) atoms. The number of aliphatic carboxylic acids is 1. The maximum absolute atomic E-state index is 13.9. The Kier molecular flexibility index (Phi) is 7.03. The van der Waals surface area contributed by atoms with Crippen LogP contribution in [0.3, 0.4) is 0 Å². The number of benzene rings is 2. The van der Waals surface area contributed by atoms with Crippen LogP contribution in [0.5, 0.6) is 0 Å². The Labute approximate surface area is 239 Å². The number of carbonyl (C=O) groups is 1. The SMILES string of the molecule is CCn1nnc2c(C)c(C(CC(=O)O)c3ccc(C)c(CN4C[C@H]5CCCN5c5ncccc5S4(=O)=O)c3)ccc21. The molecule has 2 aliphatic heterocycles. The number of nitrogens with zero attached hydrogens (tertiary/aromatic N) is 6. The zero-order chi connectivity index (χ0) is 28.9. The van der Waals surface area contributed by atoms with Crippen molar-refractivity contribution in [3.8, 4) is 0 Å². The molecular formula is C30H34N6O4S. The van der Waals surface area contributed by atoms with Crippen molar-refractivity contribution in [3.05, 3.63) is 76.5 Å². The summed E-state index contributed by atoms with van der Waals surface area (Å²) in [6.45, 7) is 7.98. The van der Waals surface area contributed by atoms with E-state index < -0.39 is 21.9 Å². The van der Waals surface area contributed by atoms with Gasteiger partial charge in [-0.05, 0) is 79.6 Å². The van der Waals surface area contributed by atoms with Crippen LogP contribution >= 0.6 is 0 Å². The Hall–Kier alpha value is -3.83. The highest BCUT2D eigenvalue weighted by Crippen LogP contribution is 2.38. The highest BCUT2D eigenvalue weighted by atomic mass is 32.2. The predicted octanol–water partition coefficient (Wildman–Crippen LogP) is 4.24. The van der Waals surface area contributed by atoms with Gasteiger partial charge < -0.3 is 10.0 Å². The lowest BCUT2D eigenvalue weighted by molar-refractivity contribution is -0.137. The fourth-order valence-electron chi connectivity index (χ4n) is 6.37. The lowest BCUT2D eigenvalue weighted by Gasteiger charge is -2.26. The van der Waals surface area contributed by atoms with Crippen LogP contribution in [0.15, 0.2) is 53.6 Å². The number of carboxylic acid groups (broad SMARTS) is 1. The second-order valence-electron chi connectivity index (χ2n) is 11.0. The van der Waals surface area contributed by atoms with Crippen molar-refractivity contribution in [2.75, 3.05) is 18.0 Å². The number of anilines is 1. The Morgan fingerprint density at radius 2 is 2.00 bits per heavy atom. The molecule has 1 unspecified atom stereocenters. The molecule has 1 N–H and O–H groups in total. The summed E-state index contributed by atoms with van der Waals surface area (Å²) in [5.74, 6) is -0.802. The quantitative estimate of drug-likeness (QED) is 0.348. The topological polar surface area (TPSA) is 122 Å². The summed E-state index contributed by atoms with van der Waals surface area (Å²) >= 11 is 0. The summed E-state index contributed by atoms with van der Waals surface area (Å²) in [5, 5.41) is 18.5. The van der Waals surface area contributed by atoms with Crippen LogP contribution in [-0.2, 0) is 27.9 Å². The molecule has 0 amide bonds. The van der Waals surface area contributed by atoms with Crippen molar-refractivity contribution in [2.24, 2.45) is 0 Å². The summed E-state index contributed by atoms with van der Waals surface area (Å²) in [4.78, 5) is 18.9. The van der Waals surface area contributed by atoms with Crippen molar-refractivity contribution < 1.29 is 18.3 Å². The molecule has 2 aromatic carbocycles. The summed E-state index contributed by atoms with van der Waals surface area (Å²) in [6, 6.07) is 13.2. The molecular weight excluding hydrogens is 540 g/mol. The fraction of sp³-hybridized carbons (Fsp3) is 0.400. The predicted molar refractivity (Wildman–Crippen MR) is 155 cm³/mol. The van der Waals surface area contributed by atoms with Gasteiger partial charge >= 0.3 is 5.97 Å². The third-order valence-corrected chi connectivity index (χ3v) is 10.4. The van der Waals surface area contributed by atoms with Gasteiger partial charge in [0.1, 0.15) is 16.2 Å². The molecule has 4 aromatic rings. The molecule has 0 aliphatic carbocycles. The van der Waals surface area contributed by atoms with E-state index in [4.69, 9.17) is 0 Å². The number of aromatic nitrogens is 4. The molecule has 0 saturated carbocycles. The van der Waals surface area contributed by atoms with E-state index in [1.54, 1.807) is 22.6 Å². The molecule has 6 rings (SSSR count). The fourth-order valence-corrected chi connectivity index (χ4v) is 7.98. The molecule has 10 nitrogen and oxygen atoms in total. The lowest BCUT2D eigenvalue weighted by atomic mass is 9.84. The van der Waals surface area contributed by atoms with E-state index in [9.17, 15) is 18.3 Å². The van der Waals surface area contributed by atoms with E-state index >= 15 is 0 Å². The van der Waals surface area contributed by atoms with Crippen molar-refractivity contribution in [3.63, 3.8) is 0 Å². The summed E-state index contributed by atoms with van der Waals surface area (Å²) in [7, 11) is -3.79. The molecule has 2 atom stereocenters. The van der Waals surface area contributed by atoms with Crippen LogP contribution < -0.4 is 4.90 Å². The van der Waals surface area contributed by atoms with Crippen molar-refractivity contribution in [1.82, 2.24) is 24.3 Å². The number of hydrogen-bond donors (Lipinski definition) is 1. The van der Waals surface area contributed by atoms with E-state index in [2.05, 4.69) is 20.2 Å². The Morgan fingerprint density at radius 3 is 2.78 bits per heavy atom. The molecule has 2 aliphatic rings. The molecule has 214 valence electrons. The van der Waals surface area contributed by atoms with Gasteiger partial charge in [0, 0.05) is 44.3 Å². The van der Waals surface area contributed by atoms with E-state index in [0.29, 0.717) is 18.9 Å². The van der Waals surface area contributed by atoms with Gasteiger partial charge in [0.15, 0.2) is 0 Å². The second-order valence-corrected chi connectivity index (χ2v) is 12.9. The summed E-state index contributed by atoms with van der Waals surface area (Å²) < 4.78 is 31.2. The molecule has 4 heterocycles. The first-order valence-corrected chi connectivity index (χ1v) is 15.5. The van der Waals surface area contributed by atoms with Crippen LogP contribution in [0.4, 0.5) is 5.82 Å². The third kappa shape index (κ3) is 4.76. The molecule has 1 fully saturated rings. The zero-order valence-corrected chi connectivity index (χ0v) is 24.3. The van der Waals surface area contributed by atoms with Gasteiger partial charge in [-0.25, -0.2) is 18.1 Å². The van der Waals surface area contributed by atoms with Gasteiger partial charge in [0.2, 0.25) is 10.0 Å². The van der Waals surface area contributed by atoms with E-state index in [-0.39, 0.29) is 23.9 Å². The third-order valence-electron chi connectivity index (χ3n) is 8.59. The highest BCUT2D eigenvalue weighted by Gasteiger charge is 2.40. The normalized spacial score (nSPS) is 19.1. The number of pyridine rings is 1. The van der Waals surface area contributed by atoms with E-state index in [1.165, 1.54) is 0 Å². The smallest absolute Gasteiger partial charge is 0.304 e. The van der Waals surface area contributed by atoms with E-state index in [0.717, 1.165) is 58.2 Å². The van der Waals surface area contributed by atoms with Crippen molar-refractivity contribution in [2.45, 2.75) is 70.0 Å². The molecule has 0 radical (unpaired) electrons. The van der Waals surface area contributed by atoms with Gasteiger partial charge in [-0.2, -0.15) is 4.31 Å². The Morgan fingerprint density at radius 1 is 1.17 bits per heavy atom. The maximum atomic E-state index is 13.9. The van der Waals surface area contributed by atoms with E-state index in [1.807, 2.05) is 55.8 Å². The van der Waals surface area contributed by atoms with Crippen LogP contribution in [0.25, 0.3) is 11.0 Å². The number of fused-ring (bicyclic) bond motifs is 4. The van der Waals surface area contributed by atoms with Crippen molar-refractivity contribution >= 4 is 32.8 Å². The largest absolute Gasteiger partial charge is 0.481 e. The molecule has 1 saturated heterocycles. The monoisotopic (exact) mass is 574 g/mol. The van der Waals surface area contributed by atoms with Crippen LogP contribution in [0, 0.1) is 13.8 Å². The molecule has 0 bridgehead atoms. The molecule has 0 spiro atoms. The number of rotatable bonds is 7. The number of carboxylic acids is 1. The zero-order valence-electron chi connectivity index (χ0n) is 23.5. The minimum absolute atomic E-state index is 0.0649.